The standard InChI is InChI=1S/C28H26N6OS/c1-3-5-26(35)30-18-12-17(14-29-15-18)21-9-10-23-27(32-21)28(34-33-23)24-13-20-19(6-4-7-22(20)31-24)25-11-8-16(2)36-25/h4,6-15,26,30-31,35H,3,5H2,1-2H3,(H,33,34). The predicted octanol–water partition coefficient (Wildman–Crippen LogP) is 6.74. The van der Waals surface area contributed by atoms with Gasteiger partial charge in [-0.1, -0.05) is 25.5 Å². The van der Waals surface area contributed by atoms with Crippen molar-refractivity contribution in [3.63, 3.8) is 0 Å². The predicted molar refractivity (Wildman–Crippen MR) is 147 cm³/mol. The first-order valence-corrected chi connectivity index (χ1v) is 12.8. The molecule has 0 saturated heterocycles. The molecule has 0 amide bonds. The molecule has 6 rings (SSSR count). The normalized spacial score (nSPS) is 12.4. The Morgan fingerprint density at radius 3 is 2.81 bits per heavy atom. The van der Waals surface area contributed by atoms with Gasteiger partial charge in [-0.25, -0.2) is 4.98 Å². The molecule has 0 radical (unpaired) electrons. The van der Waals surface area contributed by atoms with Gasteiger partial charge in [0.1, 0.15) is 17.4 Å². The number of hydrogen-bond acceptors (Lipinski definition) is 6. The maximum Gasteiger partial charge on any atom is 0.135 e. The first-order chi connectivity index (χ1) is 17.6. The molecule has 4 N–H and O–H groups in total. The molecule has 5 aromatic heterocycles. The number of aromatic nitrogens is 5. The van der Waals surface area contributed by atoms with E-state index >= 15 is 0 Å². The smallest absolute Gasteiger partial charge is 0.135 e. The van der Waals surface area contributed by atoms with Crippen LogP contribution >= 0.6 is 11.3 Å². The van der Waals surface area contributed by atoms with Gasteiger partial charge in [0.25, 0.3) is 0 Å². The van der Waals surface area contributed by atoms with E-state index in [0.29, 0.717) is 6.42 Å². The first kappa shape index (κ1) is 22.5. The molecule has 180 valence electrons. The van der Waals surface area contributed by atoms with Crippen LogP contribution in [-0.4, -0.2) is 36.5 Å². The third-order valence-electron chi connectivity index (χ3n) is 6.26. The first-order valence-electron chi connectivity index (χ1n) is 12.0. The van der Waals surface area contributed by atoms with Gasteiger partial charge in [-0.05, 0) is 55.8 Å². The van der Waals surface area contributed by atoms with E-state index in [2.05, 4.69) is 68.8 Å². The number of nitrogens with zero attached hydrogens (tertiary/aromatic N) is 3. The minimum atomic E-state index is -0.604. The Hall–Kier alpha value is -4.01. The molecule has 5 heterocycles. The second-order valence-electron chi connectivity index (χ2n) is 8.94. The van der Waals surface area contributed by atoms with E-state index in [4.69, 9.17) is 4.98 Å². The molecule has 7 nitrogen and oxygen atoms in total. The Balaban J connectivity index is 1.40. The van der Waals surface area contributed by atoms with Crippen molar-refractivity contribution >= 4 is 39.0 Å². The van der Waals surface area contributed by atoms with E-state index in [1.165, 1.54) is 15.3 Å². The molecule has 0 fully saturated rings. The highest BCUT2D eigenvalue weighted by atomic mass is 32.1. The number of benzene rings is 1. The molecule has 0 aliphatic heterocycles. The zero-order valence-corrected chi connectivity index (χ0v) is 20.9. The van der Waals surface area contributed by atoms with Crippen molar-refractivity contribution in [1.29, 1.82) is 0 Å². The summed E-state index contributed by atoms with van der Waals surface area (Å²) < 4.78 is 0. The number of aliphatic hydroxyl groups excluding tert-OH is 1. The minimum Gasteiger partial charge on any atom is -0.374 e. The summed E-state index contributed by atoms with van der Waals surface area (Å²) in [5, 5.41) is 22.1. The molecule has 0 spiro atoms. The number of aromatic amines is 2. The molecule has 6 aromatic rings. The molecule has 1 atom stereocenters. The van der Waals surface area contributed by atoms with Crippen molar-refractivity contribution in [2.75, 3.05) is 5.32 Å². The maximum atomic E-state index is 10.1. The molecule has 1 unspecified atom stereocenters. The number of nitrogens with one attached hydrogen (secondary N) is 3. The van der Waals surface area contributed by atoms with Crippen molar-refractivity contribution in [1.82, 2.24) is 25.1 Å². The fraction of sp³-hybridized carbons (Fsp3) is 0.179. The summed E-state index contributed by atoms with van der Waals surface area (Å²) in [7, 11) is 0. The van der Waals surface area contributed by atoms with Crippen molar-refractivity contribution < 1.29 is 5.11 Å². The average molecular weight is 495 g/mol. The third kappa shape index (κ3) is 4.14. The summed E-state index contributed by atoms with van der Waals surface area (Å²) in [5.74, 6) is 0. The Morgan fingerprint density at radius 1 is 1.06 bits per heavy atom. The van der Waals surface area contributed by atoms with Crippen molar-refractivity contribution in [3.8, 4) is 33.1 Å². The van der Waals surface area contributed by atoms with Crippen LogP contribution in [0.25, 0.3) is 55.0 Å². The van der Waals surface area contributed by atoms with E-state index in [1.54, 1.807) is 23.7 Å². The van der Waals surface area contributed by atoms with E-state index in [-0.39, 0.29) is 0 Å². The van der Waals surface area contributed by atoms with Crippen LogP contribution in [0.15, 0.2) is 67.0 Å². The lowest BCUT2D eigenvalue weighted by atomic mass is 10.1. The zero-order chi connectivity index (χ0) is 24.6. The van der Waals surface area contributed by atoms with Gasteiger partial charge in [0.05, 0.1) is 28.8 Å². The summed E-state index contributed by atoms with van der Waals surface area (Å²) >= 11 is 1.80. The molecule has 36 heavy (non-hydrogen) atoms. The Bertz CT molecular complexity index is 1680. The van der Waals surface area contributed by atoms with Crippen molar-refractivity contribution in [2.24, 2.45) is 0 Å². The highest BCUT2D eigenvalue weighted by Gasteiger charge is 2.16. The number of pyridine rings is 2. The summed E-state index contributed by atoms with van der Waals surface area (Å²) in [6.45, 7) is 4.17. The number of fused-ring (bicyclic) bond motifs is 2. The highest BCUT2D eigenvalue weighted by Crippen LogP contribution is 2.36. The lowest BCUT2D eigenvalue weighted by Crippen LogP contribution is -2.18. The molecule has 8 heteroatoms. The van der Waals surface area contributed by atoms with Gasteiger partial charge in [-0.15, -0.1) is 11.3 Å². The Labute approximate surface area is 212 Å². The van der Waals surface area contributed by atoms with Gasteiger partial charge in [0.2, 0.25) is 0 Å². The summed E-state index contributed by atoms with van der Waals surface area (Å²) in [6.07, 6.45) is 4.45. The largest absolute Gasteiger partial charge is 0.374 e. The van der Waals surface area contributed by atoms with Gasteiger partial charge in [0, 0.05) is 38.0 Å². The van der Waals surface area contributed by atoms with Crippen molar-refractivity contribution in [3.05, 3.63) is 71.9 Å². The minimum absolute atomic E-state index is 0.604. The fourth-order valence-electron chi connectivity index (χ4n) is 4.52. The molecule has 1 aromatic carbocycles. The number of aliphatic hydroxyl groups is 1. The second-order valence-corrected chi connectivity index (χ2v) is 10.2. The van der Waals surface area contributed by atoms with Gasteiger partial charge < -0.3 is 15.4 Å². The van der Waals surface area contributed by atoms with Crippen LogP contribution in [0.1, 0.15) is 24.6 Å². The molecule has 0 bridgehead atoms. The number of anilines is 1. The van der Waals surface area contributed by atoms with Gasteiger partial charge in [-0.3, -0.25) is 10.1 Å². The number of rotatable bonds is 7. The van der Waals surface area contributed by atoms with E-state index in [9.17, 15) is 5.11 Å². The molecule has 0 aliphatic rings. The number of hydrogen-bond donors (Lipinski definition) is 4. The van der Waals surface area contributed by atoms with E-state index in [1.807, 2.05) is 25.1 Å². The molecule has 0 aliphatic carbocycles. The Kier molecular flexibility index (Phi) is 5.75. The van der Waals surface area contributed by atoms with Gasteiger partial charge in [0.15, 0.2) is 0 Å². The van der Waals surface area contributed by atoms with Gasteiger partial charge >= 0.3 is 0 Å². The summed E-state index contributed by atoms with van der Waals surface area (Å²) in [6, 6.07) is 18.7. The molecule has 0 saturated carbocycles. The summed E-state index contributed by atoms with van der Waals surface area (Å²) in [4.78, 5) is 15.4. The average Bonchev–Trinajstić information content (AvgIpc) is 3.61. The SMILES string of the molecule is CCCC(O)Nc1cncc(-c2ccc3[nH]nc(-c4cc5c(-c6ccc(C)s6)cccc5[nH]4)c3n2)c1. The van der Waals surface area contributed by atoms with Crippen LogP contribution in [0.4, 0.5) is 5.69 Å². The van der Waals surface area contributed by atoms with E-state index in [0.717, 1.165) is 56.7 Å². The van der Waals surface area contributed by atoms with Crippen LogP contribution in [0, 0.1) is 6.92 Å². The highest BCUT2D eigenvalue weighted by molar-refractivity contribution is 7.15. The molecular formula is C28H26N6OS. The summed E-state index contributed by atoms with van der Waals surface area (Å²) in [5.41, 5.74) is 8.03. The van der Waals surface area contributed by atoms with Crippen LogP contribution in [0.2, 0.25) is 0 Å². The van der Waals surface area contributed by atoms with E-state index < -0.39 is 6.23 Å². The third-order valence-corrected chi connectivity index (χ3v) is 7.30. The van der Waals surface area contributed by atoms with Crippen LogP contribution in [0.5, 0.6) is 0 Å². The fourth-order valence-corrected chi connectivity index (χ4v) is 5.43. The second kappa shape index (κ2) is 9.22. The van der Waals surface area contributed by atoms with Crippen LogP contribution < -0.4 is 5.32 Å². The lowest BCUT2D eigenvalue weighted by Gasteiger charge is -2.13. The monoisotopic (exact) mass is 494 g/mol. The maximum absolute atomic E-state index is 10.1. The number of thiophene rings is 1. The van der Waals surface area contributed by atoms with Gasteiger partial charge in [-0.2, -0.15) is 5.10 Å². The number of aryl methyl sites for hydroxylation is 1. The lowest BCUT2D eigenvalue weighted by molar-refractivity contribution is 0.192. The quantitative estimate of drug-likeness (QED) is 0.184. The Morgan fingerprint density at radius 2 is 1.97 bits per heavy atom. The zero-order valence-electron chi connectivity index (χ0n) is 20.0. The molecular weight excluding hydrogens is 468 g/mol. The van der Waals surface area contributed by atoms with Crippen LogP contribution in [0.3, 0.4) is 0 Å². The van der Waals surface area contributed by atoms with Crippen molar-refractivity contribution in [2.45, 2.75) is 32.9 Å². The topological polar surface area (TPSA) is 103 Å². The van der Waals surface area contributed by atoms with Crippen LogP contribution in [-0.2, 0) is 0 Å². The number of H-pyrrole nitrogens is 2.